The van der Waals surface area contributed by atoms with Gasteiger partial charge in [-0.15, -0.1) is 0 Å². The third-order valence-electron chi connectivity index (χ3n) is 3.93. The third kappa shape index (κ3) is 3.04. The predicted octanol–water partition coefficient (Wildman–Crippen LogP) is 2.73. The zero-order valence-electron chi connectivity index (χ0n) is 12.8. The van der Waals surface area contributed by atoms with Crippen LogP contribution in [0.15, 0.2) is 28.9 Å². The van der Waals surface area contributed by atoms with Gasteiger partial charge in [0.05, 0.1) is 7.11 Å². The van der Waals surface area contributed by atoms with Gasteiger partial charge in [0.25, 0.3) is 0 Å². The number of cyclic esters (lactones) is 1. The van der Waals surface area contributed by atoms with Crippen LogP contribution in [0.3, 0.4) is 0 Å². The molecule has 0 atom stereocenters. The lowest BCUT2D eigenvalue weighted by atomic mass is 10.0. The molecule has 0 spiro atoms. The van der Waals surface area contributed by atoms with Crippen LogP contribution in [0.1, 0.15) is 24.0 Å². The Bertz CT molecular complexity index is 642. The average Bonchev–Trinajstić information content (AvgIpc) is 2.89. The summed E-state index contributed by atoms with van der Waals surface area (Å²) in [6.45, 7) is 3.35. The topological polar surface area (TPSA) is 57.1 Å². The zero-order valence-corrected chi connectivity index (χ0v) is 12.8. The number of aryl methyl sites for hydroxylation is 1. The van der Waals surface area contributed by atoms with Crippen molar-refractivity contribution in [1.82, 2.24) is 0 Å². The summed E-state index contributed by atoms with van der Waals surface area (Å²) in [5.41, 5.74) is 2.27. The smallest absolute Gasteiger partial charge is 0.363 e. The highest BCUT2D eigenvalue weighted by Crippen LogP contribution is 2.26. The second-order valence-corrected chi connectivity index (χ2v) is 5.48. The number of aliphatic imine (C=N–C) groups is 1. The van der Waals surface area contributed by atoms with E-state index in [1.165, 1.54) is 0 Å². The van der Waals surface area contributed by atoms with Crippen molar-refractivity contribution in [3.8, 4) is 5.75 Å². The summed E-state index contributed by atoms with van der Waals surface area (Å²) >= 11 is 0. The number of hydrogen-bond donors (Lipinski definition) is 0. The Morgan fingerprint density at radius 3 is 2.77 bits per heavy atom. The number of esters is 1. The van der Waals surface area contributed by atoms with Gasteiger partial charge in [0, 0.05) is 19.1 Å². The highest BCUT2D eigenvalue weighted by Gasteiger charge is 2.30. The maximum atomic E-state index is 12.0. The number of carbonyl (C=O) groups is 1. The monoisotopic (exact) mass is 301 g/mol. The van der Waals surface area contributed by atoms with Crippen molar-refractivity contribution in [1.29, 1.82) is 0 Å². The number of methoxy groups -OCH3 is 1. The molecule has 2 aliphatic heterocycles. The first-order valence-electron chi connectivity index (χ1n) is 7.42. The quantitative estimate of drug-likeness (QED) is 0.636. The van der Waals surface area contributed by atoms with Gasteiger partial charge in [-0.3, -0.25) is 0 Å². The Balaban J connectivity index is 1.82. The van der Waals surface area contributed by atoms with E-state index in [4.69, 9.17) is 14.2 Å². The van der Waals surface area contributed by atoms with Crippen LogP contribution >= 0.6 is 0 Å². The molecule has 22 heavy (non-hydrogen) atoms. The van der Waals surface area contributed by atoms with Crippen LogP contribution in [0, 0.1) is 12.8 Å². The first kappa shape index (κ1) is 14.8. The third-order valence-corrected chi connectivity index (χ3v) is 3.93. The molecule has 0 aliphatic carbocycles. The molecular weight excluding hydrogens is 282 g/mol. The molecule has 0 bridgehead atoms. The summed E-state index contributed by atoms with van der Waals surface area (Å²) in [5, 5.41) is 0. The average molecular weight is 301 g/mol. The highest BCUT2D eigenvalue weighted by atomic mass is 16.6. The second-order valence-electron chi connectivity index (χ2n) is 5.48. The molecule has 5 heteroatoms. The van der Waals surface area contributed by atoms with Crippen LogP contribution in [0.2, 0.25) is 0 Å². The zero-order chi connectivity index (χ0) is 15.5. The van der Waals surface area contributed by atoms with Crippen LogP contribution in [-0.4, -0.2) is 32.2 Å². The molecule has 0 saturated carbocycles. The molecule has 1 aromatic carbocycles. The molecular formula is C17H19NO4. The largest absolute Gasteiger partial charge is 0.496 e. The van der Waals surface area contributed by atoms with Crippen molar-refractivity contribution < 1.29 is 19.0 Å². The fourth-order valence-electron chi connectivity index (χ4n) is 2.69. The number of benzene rings is 1. The number of rotatable bonds is 3. The number of hydrogen-bond acceptors (Lipinski definition) is 5. The number of ether oxygens (including phenoxy) is 3. The van der Waals surface area contributed by atoms with Crippen molar-refractivity contribution in [3.05, 3.63) is 35.0 Å². The first-order chi connectivity index (χ1) is 10.7. The standard InChI is InChI=1S/C17H19NO4/c1-11-9-12(3-4-15(11)20-2)10-14-17(19)22-16(18-14)13-5-7-21-8-6-13/h3-4,9-10,13H,5-8H2,1-2H3/b14-10+. The van der Waals surface area contributed by atoms with Crippen LogP contribution < -0.4 is 4.74 Å². The Kier molecular flexibility index (Phi) is 4.24. The molecule has 0 radical (unpaired) electrons. The van der Waals surface area contributed by atoms with Crippen molar-refractivity contribution in [2.24, 2.45) is 10.9 Å². The number of nitrogens with zero attached hydrogens (tertiary/aromatic N) is 1. The Labute approximate surface area is 129 Å². The van der Waals surface area contributed by atoms with E-state index in [0.29, 0.717) is 24.8 Å². The van der Waals surface area contributed by atoms with Gasteiger partial charge in [0.1, 0.15) is 5.75 Å². The summed E-state index contributed by atoms with van der Waals surface area (Å²) in [7, 11) is 1.64. The van der Waals surface area contributed by atoms with E-state index in [9.17, 15) is 4.79 Å². The van der Waals surface area contributed by atoms with Crippen molar-refractivity contribution in [2.75, 3.05) is 20.3 Å². The van der Waals surface area contributed by atoms with Crippen LogP contribution in [0.25, 0.3) is 6.08 Å². The van der Waals surface area contributed by atoms with Gasteiger partial charge in [-0.2, -0.15) is 0 Å². The maximum absolute atomic E-state index is 12.0. The fourth-order valence-corrected chi connectivity index (χ4v) is 2.69. The molecule has 1 saturated heterocycles. The molecule has 2 aliphatic rings. The Morgan fingerprint density at radius 1 is 1.32 bits per heavy atom. The van der Waals surface area contributed by atoms with Crippen LogP contribution in [0.5, 0.6) is 5.75 Å². The van der Waals surface area contributed by atoms with Crippen molar-refractivity contribution in [2.45, 2.75) is 19.8 Å². The van der Waals surface area contributed by atoms with E-state index in [2.05, 4.69) is 4.99 Å². The van der Waals surface area contributed by atoms with E-state index < -0.39 is 0 Å². The van der Waals surface area contributed by atoms with E-state index in [1.54, 1.807) is 13.2 Å². The molecule has 3 rings (SSSR count). The molecule has 5 nitrogen and oxygen atoms in total. The minimum Gasteiger partial charge on any atom is -0.496 e. The van der Waals surface area contributed by atoms with Crippen molar-refractivity contribution >= 4 is 17.9 Å². The van der Waals surface area contributed by atoms with Gasteiger partial charge in [-0.1, -0.05) is 6.07 Å². The molecule has 116 valence electrons. The van der Waals surface area contributed by atoms with E-state index in [1.807, 2.05) is 25.1 Å². The van der Waals surface area contributed by atoms with Crippen LogP contribution in [0.4, 0.5) is 0 Å². The minimum atomic E-state index is -0.380. The molecule has 0 N–H and O–H groups in total. The minimum absolute atomic E-state index is 0.182. The fraction of sp³-hybridized carbons (Fsp3) is 0.412. The lowest BCUT2D eigenvalue weighted by Crippen LogP contribution is -2.24. The Morgan fingerprint density at radius 2 is 2.09 bits per heavy atom. The van der Waals surface area contributed by atoms with E-state index >= 15 is 0 Å². The molecule has 2 heterocycles. The van der Waals surface area contributed by atoms with Gasteiger partial charge in [-0.25, -0.2) is 9.79 Å². The normalized spacial score (nSPS) is 20.9. The maximum Gasteiger partial charge on any atom is 0.363 e. The SMILES string of the molecule is COc1ccc(/C=C2/N=C(C3CCOCC3)OC2=O)cc1C. The van der Waals surface area contributed by atoms with Gasteiger partial charge in [0.15, 0.2) is 5.70 Å². The van der Waals surface area contributed by atoms with E-state index in [-0.39, 0.29) is 11.9 Å². The summed E-state index contributed by atoms with van der Waals surface area (Å²) < 4.78 is 15.9. The summed E-state index contributed by atoms with van der Waals surface area (Å²) in [6.07, 6.45) is 3.45. The lowest BCUT2D eigenvalue weighted by molar-refractivity contribution is -0.130. The van der Waals surface area contributed by atoms with Crippen LogP contribution in [-0.2, 0) is 14.3 Å². The summed E-state index contributed by atoms with van der Waals surface area (Å²) in [4.78, 5) is 16.4. The molecule has 0 unspecified atom stereocenters. The number of carbonyl (C=O) groups excluding carboxylic acids is 1. The molecule has 1 fully saturated rings. The van der Waals surface area contributed by atoms with Gasteiger partial charge in [0.2, 0.25) is 5.90 Å². The summed E-state index contributed by atoms with van der Waals surface area (Å²) in [5.74, 6) is 1.16. The predicted molar refractivity (Wildman–Crippen MR) is 82.8 cm³/mol. The first-order valence-corrected chi connectivity index (χ1v) is 7.42. The second kappa shape index (κ2) is 6.32. The molecule has 1 aromatic rings. The van der Waals surface area contributed by atoms with Crippen molar-refractivity contribution in [3.63, 3.8) is 0 Å². The highest BCUT2D eigenvalue weighted by molar-refractivity contribution is 6.07. The van der Waals surface area contributed by atoms with Gasteiger partial charge >= 0.3 is 5.97 Å². The Hall–Kier alpha value is -2.14. The molecule has 0 amide bonds. The molecule has 0 aromatic heterocycles. The summed E-state index contributed by atoms with van der Waals surface area (Å²) in [6, 6.07) is 5.74. The van der Waals surface area contributed by atoms with Gasteiger partial charge in [-0.05, 0) is 49.1 Å². The van der Waals surface area contributed by atoms with E-state index in [0.717, 1.165) is 29.7 Å². The van der Waals surface area contributed by atoms with Gasteiger partial charge < -0.3 is 14.2 Å². The lowest BCUT2D eigenvalue weighted by Gasteiger charge is -2.20.